The highest BCUT2D eigenvalue weighted by atomic mass is 16.4. The van der Waals surface area contributed by atoms with Crippen molar-refractivity contribution >= 4 is 11.9 Å². The van der Waals surface area contributed by atoms with Crippen LogP contribution < -0.4 is 11.1 Å². The Bertz CT molecular complexity index is 312. The molecule has 2 aliphatic carbocycles. The Morgan fingerprint density at radius 3 is 2.38 bits per heavy atom. The maximum absolute atomic E-state index is 11.9. The van der Waals surface area contributed by atoms with Crippen LogP contribution in [-0.2, 0) is 9.59 Å². The van der Waals surface area contributed by atoms with Crippen LogP contribution in [-0.4, -0.2) is 28.6 Å². The number of rotatable bonds is 3. The van der Waals surface area contributed by atoms with Gasteiger partial charge in [0.05, 0.1) is 0 Å². The Kier molecular flexibility index (Phi) is 2.88. The maximum Gasteiger partial charge on any atom is 0.329 e. The van der Waals surface area contributed by atoms with Crippen molar-refractivity contribution in [3.63, 3.8) is 0 Å². The minimum absolute atomic E-state index is 0.0909. The molecular formula is C11H18N2O3. The van der Waals surface area contributed by atoms with E-state index in [4.69, 9.17) is 10.8 Å². The molecule has 0 spiro atoms. The maximum atomic E-state index is 11.9. The normalized spacial score (nSPS) is 31.8. The first kappa shape index (κ1) is 11.4. The summed E-state index contributed by atoms with van der Waals surface area (Å²) in [5.74, 6) is -1.13. The van der Waals surface area contributed by atoms with E-state index in [0.717, 1.165) is 19.3 Å². The molecule has 4 N–H and O–H groups in total. The van der Waals surface area contributed by atoms with Gasteiger partial charge < -0.3 is 16.2 Å². The van der Waals surface area contributed by atoms with Crippen molar-refractivity contribution in [2.75, 3.05) is 0 Å². The summed E-state index contributed by atoms with van der Waals surface area (Å²) in [7, 11) is 0. The molecule has 1 amide bonds. The second kappa shape index (κ2) is 4.05. The molecule has 0 heterocycles. The Morgan fingerprint density at radius 1 is 1.31 bits per heavy atom. The average Bonchev–Trinajstić information content (AvgIpc) is 2.57. The standard InChI is InChI=1S/C11H18N2O3/c12-8-3-2-7(6-8)9(14)13-11(10(15)16)4-1-5-11/h7-8H,1-6,12H2,(H,13,14)(H,15,16). The van der Waals surface area contributed by atoms with Crippen molar-refractivity contribution < 1.29 is 14.7 Å². The molecule has 2 fully saturated rings. The lowest BCUT2D eigenvalue weighted by Crippen LogP contribution is -2.60. The third kappa shape index (κ3) is 1.91. The minimum Gasteiger partial charge on any atom is -0.480 e. The summed E-state index contributed by atoms with van der Waals surface area (Å²) in [5, 5.41) is 11.8. The molecule has 0 aromatic carbocycles. The van der Waals surface area contributed by atoms with Gasteiger partial charge in [-0.3, -0.25) is 4.79 Å². The summed E-state index contributed by atoms with van der Waals surface area (Å²) in [6, 6.07) is 0.0953. The summed E-state index contributed by atoms with van der Waals surface area (Å²) in [4.78, 5) is 23.0. The molecule has 2 unspecified atom stereocenters. The first-order valence-corrected chi connectivity index (χ1v) is 5.84. The Hall–Kier alpha value is -1.10. The van der Waals surface area contributed by atoms with Crippen molar-refractivity contribution in [2.24, 2.45) is 11.7 Å². The first-order valence-electron chi connectivity index (χ1n) is 5.84. The number of nitrogens with one attached hydrogen (secondary N) is 1. The minimum atomic E-state index is -0.982. The molecule has 0 bridgehead atoms. The predicted octanol–water partition coefficient (Wildman–Crippen LogP) is 0.237. The second-order valence-corrected chi connectivity index (χ2v) is 5.00. The van der Waals surface area contributed by atoms with Crippen LogP contribution in [0.2, 0.25) is 0 Å². The molecule has 0 saturated heterocycles. The van der Waals surface area contributed by atoms with Gasteiger partial charge in [-0.15, -0.1) is 0 Å². The van der Waals surface area contributed by atoms with E-state index >= 15 is 0 Å². The highest BCUT2D eigenvalue weighted by Crippen LogP contribution is 2.33. The number of hydrogen-bond donors (Lipinski definition) is 3. The molecule has 2 saturated carbocycles. The van der Waals surface area contributed by atoms with Gasteiger partial charge in [0.2, 0.25) is 5.91 Å². The van der Waals surface area contributed by atoms with E-state index in [1.54, 1.807) is 0 Å². The lowest BCUT2D eigenvalue weighted by molar-refractivity contribution is -0.152. The number of carbonyl (C=O) groups is 2. The van der Waals surface area contributed by atoms with E-state index in [1.807, 2.05) is 0 Å². The topological polar surface area (TPSA) is 92.4 Å². The summed E-state index contributed by atoms with van der Waals surface area (Å²) >= 11 is 0. The fourth-order valence-electron chi connectivity index (χ4n) is 2.52. The number of hydrogen-bond acceptors (Lipinski definition) is 3. The van der Waals surface area contributed by atoms with Gasteiger partial charge in [-0.05, 0) is 38.5 Å². The van der Waals surface area contributed by atoms with Crippen molar-refractivity contribution in [3.8, 4) is 0 Å². The number of aliphatic carboxylic acids is 1. The monoisotopic (exact) mass is 226 g/mol. The van der Waals surface area contributed by atoms with Crippen LogP contribution >= 0.6 is 0 Å². The second-order valence-electron chi connectivity index (χ2n) is 5.00. The Balaban J connectivity index is 1.94. The SMILES string of the molecule is NC1CCC(C(=O)NC2(C(=O)O)CCC2)C1. The largest absolute Gasteiger partial charge is 0.480 e. The van der Waals surface area contributed by atoms with E-state index in [9.17, 15) is 9.59 Å². The molecule has 2 atom stereocenters. The molecule has 2 rings (SSSR count). The molecule has 5 nitrogen and oxygen atoms in total. The van der Waals surface area contributed by atoms with Crippen molar-refractivity contribution in [2.45, 2.75) is 50.1 Å². The molecule has 5 heteroatoms. The van der Waals surface area contributed by atoms with E-state index in [1.165, 1.54) is 0 Å². The highest BCUT2D eigenvalue weighted by Gasteiger charge is 2.46. The fraction of sp³-hybridized carbons (Fsp3) is 0.818. The number of nitrogens with two attached hydrogens (primary N) is 1. The molecule has 0 aromatic heterocycles. The number of carboxylic acid groups (broad SMARTS) is 1. The average molecular weight is 226 g/mol. The van der Waals surface area contributed by atoms with Crippen molar-refractivity contribution in [1.82, 2.24) is 5.32 Å². The predicted molar refractivity (Wildman–Crippen MR) is 57.7 cm³/mol. The molecule has 0 aromatic rings. The number of amides is 1. The van der Waals surface area contributed by atoms with Gasteiger partial charge >= 0.3 is 5.97 Å². The van der Waals surface area contributed by atoms with Crippen LogP contribution in [0.5, 0.6) is 0 Å². The van der Waals surface area contributed by atoms with Gasteiger partial charge in [0.1, 0.15) is 5.54 Å². The smallest absolute Gasteiger partial charge is 0.329 e. The van der Waals surface area contributed by atoms with Crippen molar-refractivity contribution in [3.05, 3.63) is 0 Å². The number of carboxylic acids is 1. The van der Waals surface area contributed by atoms with Gasteiger partial charge in [0.15, 0.2) is 0 Å². The van der Waals surface area contributed by atoms with Crippen LogP contribution in [0.1, 0.15) is 38.5 Å². The summed E-state index contributed by atoms with van der Waals surface area (Å²) in [6.07, 6.45) is 4.29. The van der Waals surface area contributed by atoms with Gasteiger partial charge in [-0.1, -0.05) is 0 Å². The van der Waals surface area contributed by atoms with Gasteiger partial charge in [-0.25, -0.2) is 4.79 Å². The molecule has 0 radical (unpaired) electrons. The van der Waals surface area contributed by atoms with Crippen LogP contribution in [0, 0.1) is 5.92 Å². The summed E-state index contributed by atoms with van der Waals surface area (Å²) < 4.78 is 0. The molecule has 2 aliphatic rings. The van der Waals surface area contributed by atoms with Crippen LogP contribution in [0.4, 0.5) is 0 Å². The lowest BCUT2D eigenvalue weighted by atomic mass is 9.76. The quantitative estimate of drug-likeness (QED) is 0.642. The molecule has 16 heavy (non-hydrogen) atoms. The summed E-state index contributed by atoms with van der Waals surface area (Å²) in [6.45, 7) is 0. The number of carbonyl (C=O) groups excluding carboxylic acids is 1. The van der Waals surface area contributed by atoms with Crippen LogP contribution in [0.3, 0.4) is 0 Å². The highest BCUT2D eigenvalue weighted by molar-refractivity contribution is 5.89. The van der Waals surface area contributed by atoms with E-state index < -0.39 is 11.5 Å². The molecule has 0 aliphatic heterocycles. The van der Waals surface area contributed by atoms with Crippen LogP contribution in [0.25, 0.3) is 0 Å². The summed E-state index contributed by atoms with van der Waals surface area (Å²) in [5.41, 5.74) is 4.75. The van der Waals surface area contributed by atoms with Gasteiger partial charge in [0.25, 0.3) is 0 Å². The van der Waals surface area contributed by atoms with E-state index in [2.05, 4.69) is 5.32 Å². The van der Waals surface area contributed by atoms with Crippen LogP contribution in [0.15, 0.2) is 0 Å². The van der Waals surface area contributed by atoms with Gasteiger partial charge in [-0.2, -0.15) is 0 Å². The molecule has 90 valence electrons. The zero-order chi connectivity index (χ0) is 11.8. The fourth-order valence-corrected chi connectivity index (χ4v) is 2.52. The first-order chi connectivity index (χ1) is 7.53. The Morgan fingerprint density at radius 2 is 2.00 bits per heavy atom. The van der Waals surface area contributed by atoms with E-state index in [-0.39, 0.29) is 17.9 Å². The van der Waals surface area contributed by atoms with Crippen molar-refractivity contribution in [1.29, 1.82) is 0 Å². The van der Waals surface area contributed by atoms with Gasteiger partial charge in [0, 0.05) is 12.0 Å². The zero-order valence-electron chi connectivity index (χ0n) is 9.24. The zero-order valence-corrected chi connectivity index (χ0v) is 9.24. The van der Waals surface area contributed by atoms with E-state index in [0.29, 0.717) is 19.3 Å². The molecular weight excluding hydrogens is 208 g/mol. The lowest BCUT2D eigenvalue weighted by Gasteiger charge is -2.38. The third-order valence-electron chi connectivity index (χ3n) is 3.82. The Labute approximate surface area is 94.4 Å². The third-order valence-corrected chi connectivity index (χ3v) is 3.82.